The minimum absolute atomic E-state index is 0.146. The quantitative estimate of drug-likeness (QED) is 0.858. The van der Waals surface area contributed by atoms with E-state index in [9.17, 15) is 4.79 Å². The van der Waals surface area contributed by atoms with Gasteiger partial charge in [0.25, 0.3) is 5.91 Å². The van der Waals surface area contributed by atoms with Gasteiger partial charge in [0.1, 0.15) is 5.75 Å². The van der Waals surface area contributed by atoms with Crippen molar-refractivity contribution in [2.45, 2.75) is 20.4 Å². The number of rotatable bonds is 4. The van der Waals surface area contributed by atoms with Crippen LogP contribution in [0.15, 0.2) is 42.5 Å². The molecule has 0 bridgehead atoms. The first-order valence-electron chi connectivity index (χ1n) is 8.78. The van der Waals surface area contributed by atoms with Crippen LogP contribution in [0, 0.1) is 13.8 Å². The molecule has 0 aliphatic carbocycles. The Morgan fingerprint density at radius 3 is 2.24 bits per heavy atom. The van der Waals surface area contributed by atoms with Crippen molar-refractivity contribution in [1.82, 2.24) is 9.80 Å². The van der Waals surface area contributed by atoms with Crippen LogP contribution in [0.2, 0.25) is 0 Å². The standard InChI is InChI=1S/C21H26N2O2/c1-16-4-7-19(14-17(16)2)21(24)23-12-10-22(11-13-23)15-18-5-8-20(25-3)9-6-18/h4-9,14H,10-13,15H2,1-3H3. The van der Waals surface area contributed by atoms with Crippen LogP contribution in [0.1, 0.15) is 27.0 Å². The summed E-state index contributed by atoms with van der Waals surface area (Å²) in [4.78, 5) is 17.1. The number of methoxy groups -OCH3 is 1. The van der Waals surface area contributed by atoms with Crippen LogP contribution >= 0.6 is 0 Å². The molecule has 2 aromatic rings. The molecule has 0 N–H and O–H groups in total. The number of piperazine rings is 1. The lowest BCUT2D eigenvalue weighted by Crippen LogP contribution is -2.48. The van der Waals surface area contributed by atoms with Gasteiger partial charge < -0.3 is 9.64 Å². The first kappa shape index (κ1) is 17.5. The molecule has 1 fully saturated rings. The van der Waals surface area contributed by atoms with Gasteiger partial charge in [-0.25, -0.2) is 0 Å². The van der Waals surface area contributed by atoms with E-state index in [1.165, 1.54) is 16.7 Å². The number of hydrogen-bond acceptors (Lipinski definition) is 3. The topological polar surface area (TPSA) is 32.8 Å². The minimum Gasteiger partial charge on any atom is -0.497 e. The molecule has 0 atom stereocenters. The molecule has 3 rings (SSSR count). The molecule has 25 heavy (non-hydrogen) atoms. The highest BCUT2D eigenvalue weighted by Gasteiger charge is 2.22. The maximum absolute atomic E-state index is 12.7. The van der Waals surface area contributed by atoms with Gasteiger partial charge in [0, 0.05) is 38.3 Å². The van der Waals surface area contributed by atoms with Gasteiger partial charge in [-0.05, 0) is 54.8 Å². The molecule has 0 saturated carbocycles. The second-order valence-corrected chi connectivity index (χ2v) is 6.72. The minimum atomic E-state index is 0.146. The molecule has 1 saturated heterocycles. The number of benzene rings is 2. The third-order valence-electron chi connectivity index (χ3n) is 4.98. The first-order chi connectivity index (χ1) is 12.1. The number of carbonyl (C=O) groups is 1. The predicted molar refractivity (Wildman–Crippen MR) is 100 cm³/mol. The average Bonchev–Trinajstić information content (AvgIpc) is 2.65. The van der Waals surface area contributed by atoms with Gasteiger partial charge >= 0.3 is 0 Å². The van der Waals surface area contributed by atoms with Crippen molar-refractivity contribution in [2.75, 3.05) is 33.3 Å². The number of hydrogen-bond donors (Lipinski definition) is 0. The fourth-order valence-electron chi connectivity index (χ4n) is 3.16. The van der Waals surface area contributed by atoms with Crippen molar-refractivity contribution in [3.63, 3.8) is 0 Å². The van der Waals surface area contributed by atoms with E-state index in [0.29, 0.717) is 0 Å². The van der Waals surface area contributed by atoms with Gasteiger partial charge in [-0.2, -0.15) is 0 Å². The molecular weight excluding hydrogens is 312 g/mol. The zero-order valence-corrected chi connectivity index (χ0v) is 15.3. The Balaban J connectivity index is 1.55. The molecule has 4 nitrogen and oxygen atoms in total. The van der Waals surface area contributed by atoms with Crippen molar-refractivity contribution in [1.29, 1.82) is 0 Å². The van der Waals surface area contributed by atoms with Gasteiger partial charge in [0.2, 0.25) is 0 Å². The summed E-state index contributed by atoms with van der Waals surface area (Å²) in [5, 5.41) is 0. The van der Waals surface area contributed by atoms with Crippen LogP contribution in [0.25, 0.3) is 0 Å². The SMILES string of the molecule is COc1ccc(CN2CCN(C(=O)c3ccc(C)c(C)c3)CC2)cc1. The Labute approximate surface area is 150 Å². The van der Waals surface area contributed by atoms with E-state index < -0.39 is 0 Å². The summed E-state index contributed by atoms with van der Waals surface area (Å²) in [6, 6.07) is 14.2. The van der Waals surface area contributed by atoms with Crippen LogP contribution in [0.5, 0.6) is 5.75 Å². The summed E-state index contributed by atoms with van der Waals surface area (Å²) in [7, 11) is 1.68. The smallest absolute Gasteiger partial charge is 0.253 e. The van der Waals surface area contributed by atoms with Gasteiger partial charge in [-0.1, -0.05) is 18.2 Å². The van der Waals surface area contributed by atoms with E-state index in [4.69, 9.17) is 4.74 Å². The number of amides is 1. The summed E-state index contributed by atoms with van der Waals surface area (Å²) in [6.45, 7) is 8.41. The molecule has 1 aliphatic rings. The van der Waals surface area contributed by atoms with E-state index in [2.05, 4.69) is 30.9 Å². The molecule has 0 radical (unpaired) electrons. The Hall–Kier alpha value is -2.33. The second kappa shape index (κ2) is 7.70. The van der Waals surface area contributed by atoms with Crippen molar-refractivity contribution in [3.05, 3.63) is 64.7 Å². The van der Waals surface area contributed by atoms with E-state index >= 15 is 0 Å². The molecular formula is C21H26N2O2. The van der Waals surface area contributed by atoms with Crippen molar-refractivity contribution >= 4 is 5.91 Å². The Morgan fingerprint density at radius 1 is 0.960 bits per heavy atom. The lowest BCUT2D eigenvalue weighted by molar-refractivity contribution is 0.0628. The molecule has 0 unspecified atom stereocenters. The predicted octanol–water partition coefficient (Wildman–Crippen LogP) is 3.27. The summed E-state index contributed by atoms with van der Waals surface area (Å²) in [6.07, 6.45) is 0. The van der Waals surface area contributed by atoms with Gasteiger partial charge in [0.05, 0.1) is 7.11 Å². The molecule has 1 heterocycles. The van der Waals surface area contributed by atoms with Gasteiger partial charge in [-0.3, -0.25) is 9.69 Å². The maximum atomic E-state index is 12.7. The average molecular weight is 338 g/mol. The Morgan fingerprint density at radius 2 is 1.64 bits per heavy atom. The van der Waals surface area contributed by atoms with Crippen LogP contribution in [-0.2, 0) is 6.54 Å². The molecule has 132 valence electrons. The third-order valence-corrected chi connectivity index (χ3v) is 4.98. The zero-order valence-electron chi connectivity index (χ0n) is 15.3. The zero-order chi connectivity index (χ0) is 17.8. The fraction of sp³-hybridized carbons (Fsp3) is 0.381. The van der Waals surface area contributed by atoms with Crippen LogP contribution in [-0.4, -0.2) is 49.0 Å². The molecule has 1 aliphatic heterocycles. The van der Waals surface area contributed by atoms with E-state index in [1.54, 1.807) is 7.11 Å². The Kier molecular flexibility index (Phi) is 5.39. The molecule has 0 spiro atoms. The van der Waals surface area contributed by atoms with E-state index in [-0.39, 0.29) is 5.91 Å². The van der Waals surface area contributed by atoms with Gasteiger partial charge in [0.15, 0.2) is 0 Å². The monoisotopic (exact) mass is 338 g/mol. The summed E-state index contributed by atoms with van der Waals surface area (Å²) >= 11 is 0. The van der Waals surface area contributed by atoms with Crippen molar-refractivity contribution in [3.8, 4) is 5.75 Å². The highest BCUT2D eigenvalue weighted by atomic mass is 16.5. The number of carbonyl (C=O) groups excluding carboxylic acids is 1. The number of aryl methyl sites for hydroxylation is 2. The van der Waals surface area contributed by atoms with E-state index in [1.807, 2.05) is 35.2 Å². The van der Waals surface area contributed by atoms with Gasteiger partial charge in [-0.15, -0.1) is 0 Å². The lowest BCUT2D eigenvalue weighted by atomic mass is 10.1. The normalized spacial score (nSPS) is 15.2. The molecule has 0 aromatic heterocycles. The second-order valence-electron chi connectivity index (χ2n) is 6.72. The molecule has 1 amide bonds. The van der Waals surface area contributed by atoms with E-state index in [0.717, 1.165) is 44.0 Å². The molecule has 4 heteroatoms. The highest BCUT2D eigenvalue weighted by molar-refractivity contribution is 5.94. The third kappa shape index (κ3) is 4.20. The van der Waals surface area contributed by atoms with Crippen LogP contribution < -0.4 is 4.74 Å². The number of ether oxygens (including phenoxy) is 1. The maximum Gasteiger partial charge on any atom is 0.253 e. The fourth-order valence-corrected chi connectivity index (χ4v) is 3.16. The first-order valence-corrected chi connectivity index (χ1v) is 8.78. The Bertz CT molecular complexity index is 732. The summed E-state index contributed by atoms with van der Waals surface area (Å²) in [5.74, 6) is 1.03. The molecule has 2 aromatic carbocycles. The summed E-state index contributed by atoms with van der Waals surface area (Å²) in [5.41, 5.74) is 4.46. The van der Waals surface area contributed by atoms with Crippen LogP contribution in [0.3, 0.4) is 0 Å². The highest BCUT2D eigenvalue weighted by Crippen LogP contribution is 2.16. The van der Waals surface area contributed by atoms with Crippen molar-refractivity contribution in [2.24, 2.45) is 0 Å². The number of nitrogens with zero attached hydrogens (tertiary/aromatic N) is 2. The largest absolute Gasteiger partial charge is 0.497 e. The van der Waals surface area contributed by atoms with Crippen LogP contribution in [0.4, 0.5) is 0 Å². The lowest BCUT2D eigenvalue weighted by Gasteiger charge is -2.35. The van der Waals surface area contributed by atoms with Crippen molar-refractivity contribution < 1.29 is 9.53 Å². The summed E-state index contributed by atoms with van der Waals surface area (Å²) < 4.78 is 5.20.